The lowest BCUT2D eigenvalue weighted by Gasteiger charge is -2.14. The Morgan fingerprint density at radius 3 is 2.13 bits per heavy atom. The molecule has 1 nitrogen and oxygen atoms in total. The van der Waals surface area contributed by atoms with Crippen molar-refractivity contribution in [3.05, 3.63) is 71.3 Å². The normalized spacial score (nSPS) is 17.6. The highest BCUT2D eigenvalue weighted by Gasteiger charge is 2.35. The molecule has 1 saturated heterocycles. The minimum Gasteiger partial charge on any atom is -0.229 e. The van der Waals surface area contributed by atoms with E-state index in [2.05, 4.69) is 65.4 Å². The first-order valence-electron chi connectivity index (χ1n) is 8.46. The van der Waals surface area contributed by atoms with Crippen LogP contribution in [-0.4, -0.2) is 29.6 Å². The summed E-state index contributed by atoms with van der Waals surface area (Å²) in [5.74, 6) is 0. The molecule has 0 aromatic heterocycles. The van der Waals surface area contributed by atoms with Crippen molar-refractivity contribution in [3.8, 4) is 0 Å². The van der Waals surface area contributed by atoms with Gasteiger partial charge in [-0.05, 0) is 24.3 Å². The van der Waals surface area contributed by atoms with Crippen LogP contribution >= 0.6 is 11.8 Å². The molecule has 23 heavy (non-hydrogen) atoms. The topological polar surface area (TPSA) is 3.01 Å². The summed E-state index contributed by atoms with van der Waals surface area (Å²) in [7, 11) is 0. The molecule has 2 aromatic rings. The lowest BCUT2D eigenvalue weighted by Crippen LogP contribution is -2.27. The van der Waals surface area contributed by atoms with Crippen molar-refractivity contribution in [1.82, 2.24) is 0 Å². The van der Waals surface area contributed by atoms with Crippen molar-refractivity contribution in [2.24, 2.45) is 0 Å². The third-order valence-corrected chi connectivity index (χ3v) is 5.66. The molecule has 1 aliphatic heterocycles. The molecule has 1 aliphatic carbocycles. The zero-order valence-corrected chi connectivity index (χ0v) is 14.4. The summed E-state index contributed by atoms with van der Waals surface area (Å²) in [6.45, 7) is 2.36. The molecule has 1 fully saturated rings. The van der Waals surface area contributed by atoms with Crippen molar-refractivity contribution in [3.63, 3.8) is 0 Å². The summed E-state index contributed by atoms with van der Waals surface area (Å²) >= 11 is 1.88. The van der Waals surface area contributed by atoms with Crippen LogP contribution in [0.4, 0.5) is 0 Å². The molecule has 0 amide bonds. The summed E-state index contributed by atoms with van der Waals surface area (Å²) in [6.07, 6.45) is 6.18. The van der Waals surface area contributed by atoms with Gasteiger partial charge in [0, 0.05) is 23.3 Å². The fraction of sp³-hybridized carbons (Fsp3) is 0.286. The Hall–Kier alpha value is -1.80. The van der Waals surface area contributed by atoms with E-state index >= 15 is 0 Å². The Kier molecular flexibility index (Phi) is 4.09. The van der Waals surface area contributed by atoms with Crippen molar-refractivity contribution >= 4 is 28.0 Å². The molecular formula is C21H22NS+. The fourth-order valence-electron chi connectivity index (χ4n) is 3.80. The first-order chi connectivity index (χ1) is 11.4. The van der Waals surface area contributed by atoms with E-state index in [1.165, 1.54) is 65.2 Å². The summed E-state index contributed by atoms with van der Waals surface area (Å²) in [4.78, 5) is 1.42. The van der Waals surface area contributed by atoms with Crippen LogP contribution < -0.4 is 0 Å². The van der Waals surface area contributed by atoms with Gasteiger partial charge in [0.2, 0.25) is 5.71 Å². The van der Waals surface area contributed by atoms with Gasteiger partial charge in [0.05, 0.1) is 11.1 Å². The number of thioether (sulfide) groups is 1. The van der Waals surface area contributed by atoms with E-state index in [1.54, 1.807) is 0 Å². The van der Waals surface area contributed by atoms with Crippen LogP contribution in [0.3, 0.4) is 0 Å². The van der Waals surface area contributed by atoms with Crippen molar-refractivity contribution < 1.29 is 4.58 Å². The largest absolute Gasteiger partial charge is 0.229 e. The Bertz CT molecular complexity index is 778. The highest BCUT2D eigenvalue weighted by Crippen LogP contribution is 2.44. The predicted molar refractivity (Wildman–Crippen MR) is 101 cm³/mol. The Balaban J connectivity index is 1.99. The monoisotopic (exact) mass is 320 g/mol. The molecule has 2 heteroatoms. The molecule has 0 spiro atoms. The zero-order valence-electron chi connectivity index (χ0n) is 13.6. The average molecular weight is 320 g/mol. The fourth-order valence-corrected chi connectivity index (χ4v) is 4.61. The van der Waals surface area contributed by atoms with E-state index in [0.29, 0.717) is 0 Å². The number of fused-ring (bicyclic) bond motifs is 1. The lowest BCUT2D eigenvalue weighted by molar-refractivity contribution is -0.535. The molecule has 0 saturated carbocycles. The Morgan fingerprint density at radius 1 is 0.783 bits per heavy atom. The maximum atomic E-state index is 2.62. The van der Waals surface area contributed by atoms with Gasteiger partial charge in [0.15, 0.2) is 0 Å². The smallest absolute Gasteiger partial charge is 0.216 e. The average Bonchev–Trinajstić information content (AvgIpc) is 2.97. The van der Waals surface area contributed by atoms with Crippen LogP contribution in [0.5, 0.6) is 0 Å². The van der Waals surface area contributed by atoms with Gasteiger partial charge in [-0.15, -0.1) is 11.8 Å². The first kappa shape index (κ1) is 14.8. The first-order valence-corrected chi connectivity index (χ1v) is 9.68. The van der Waals surface area contributed by atoms with Crippen LogP contribution in [0.25, 0.3) is 10.5 Å². The number of hydrogen-bond acceptors (Lipinski definition) is 1. The molecule has 0 atom stereocenters. The molecule has 116 valence electrons. The van der Waals surface area contributed by atoms with E-state index < -0.39 is 0 Å². The molecule has 0 radical (unpaired) electrons. The van der Waals surface area contributed by atoms with Crippen molar-refractivity contribution in [1.29, 1.82) is 0 Å². The van der Waals surface area contributed by atoms with Gasteiger partial charge in [0.25, 0.3) is 0 Å². The molecule has 1 heterocycles. The summed E-state index contributed by atoms with van der Waals surface area (Å²) < 4.78 is 2.62. The second-order valence-electron chi connectivity index (χ2n) is 6.22. The van der Waals surface area contributed by atoms with Crippen molar-refractivity contribution in [2.75, 3.05) is 19.3 Å². The van der Waals surface area contributed by atoms with Crippen LogP contribution in [0.1, 0.15) is 36.0 Å². The molecule has 0 unspecified atom stereocenters. The summed E-state index contributed by atoms with van der Waals surface area (Å²) in [6, 6.07) is 19.8. The molecule has 0 bridgehead atoms. The van der Waals surface area contributed by atoms with E-state index in [-0.39, 0.29) is 0 Å². The second-order valence-corrected chi connectivity index (χ2v) is 7.03. The summed E-state index contributed by atoms with van der Waals surface area (Å²) in [5, 5.41) is 0. The number of piperidine rings is 1. The minimum absolute atomic E-state index is 1.18. The maximum absolute atomic E-state index is 2.62. The quantitative estimate of drug-likeness (QED) is 0.710. The maximum Gasteiger partial charge on any atom is 0.216 e. The minimum atomic E-state index is 1.18. The molecule has 2 aliphatic rings. The molecule has 2 aromatic carbocycles. The van der Waals surface area contributed by atoms with Gasteiger partial charge in [-0.3, -0.25) is 0 Å². The van der Waals surface area contributed by atoms with Crippen LogP contribution in [0, 0.1) is 0 Å². The standard InChI is InChI=1S/C21H22NS/c1-23-21-18-13-7-6-12-17(18)20(22-14-8-3-9-15-22)19(21)16-10-4-2-5-11-16/h2,4-7,10-13H,3,8-9,14-15H2,1H3/q+1. The number of benzene rings is 2. The summed E-state index contributed by atoms with van der Waals surface area (Å²) in [5.41, 5.74) is 7.04. The van der Waals surface area contributed by atoms with Crippen LogP contribution in [0.2, 0.25) is 0 Å². The van der Waals surface area contributed by atoms with Gasteiger partial charge in [-0.1, -0.05) is 48.5 Å². The number of rotatable bonds is 2. The lowest BCUT2D eigenvalue weighted by atomic mass is 9.99. The number of nitrogens with zero attached hydrogens (tertiary/aromatic N) is 1. The van der Waals surface area contributed by atoms with Gasteiger partial charge in [0.1, 0.15) is 13.1 Å². The second kappa shape index (κ2) is 6.37. The molecule has 4 rings (SSSR count). The van der Waals surface area contributed by atoms with Gasteiger partial charge in [-0.2, -0.15) is 0 Å². The van der Waals surface area contributed by atoms with E-state index in [0.717, 1.165) is 0 Å². The van der Waals surface area contributed by atoms with Gasteiger partial charge in [-0.25, -0.2) is 4.58 Å². The molecular weight excluding hydrogens is 298 g/mol. The van der Waals surface area contributed by atoms with Crippen molar-refractivity contribution in [2.45, 2.75) is 19.3 Å². The Labute approximate surface area is 142 Å². The third-order valence-electron chi connectivity index (χ3n) is 4.83. The SMILES string of the molecule is CSC1=C(c2ccccc2)C(=[N+]2CCCCC2)c2ccccc21. The van der Waals surface area contributed by atoms with E-state index in [9.17, 15) is 0 Å². The Morgan fingerprint density at radius 2 is 1.43 bits per heavy atom. The number of hydrogen-bond donors (Lipinski definition) is 0. The third kappa shape index (κ3) is 2.55. The van der Waals surface area contributed by atoms with Crippen LogP contribution in [0.15, 0.2) is 54.6 Å². The highest BCUT2D eigenvalue weighted by atomic mass is 32.2. The molecule has 0 N–H and O–H groups in total. The zero-order chi connectivity index (χ0) is 15.6. The predicted octanol–water partition coefficient (Wildman–Crippen LogP) is 4.92. The highest BCUT2D eigenvalue weighted by molar-refractivity contribution is 8.08. The number of allylic oxidation sites excluding steroid dienone is 1. The van der Waals surface area contributed by atoms with Gasteiger partial charge < -0.3 is 0 Å². The van der Waals surface area contributed by atoms with E-state index in [1.807, 2.05) is 11.8 Å². The van der Waals surface area contributed by atoms with Crippen LogP contribution in [-0.2, 0) is 0 Å². The van der Waals surface area contributed by atoms with Gasteiger partial charge >= 0.3 is 0 Å². The van der Waals surface area contributed by atoms with E-state index in [4.69, 9.17) is 0 Å².